The second kappa shape index (κ2) is 7.27. The SMILES string of the molecule is COc1cc(OC)c(C(=O)Nc2nc(-c3ccco3)cs2)cc1OC. The molecule has 1 aromatic carbocycles. The fourth-order valence-corrected chi connectivity index (χ4v) is 2.93. The largest absolute Gasteiger partial charge is 0.496 e. The van der Waals surface area contributed by atoms with Crippen LogP contribution in [0.5, 0.6) is 17.2 Å². The first kappa shape index (κ1) is 16.8. The Hall–Kier alpha value is -3.00. The summed E-state index contributed by atoms with van der Waals surface area (Å²) < 4.78 is 21.0. The molecule has 0 unspecified atom stereocenters. The molecule has 0 atom stereocenters. The van der Waals surface area contributed by atoms with E-state index in [2.05, 4.69) is 10.3 Å². The van der Waals surface area contributed by atoms with Crippen molar-refractivity contribution in [3.63, 3.8) is 0 Å². The van der Waals surface area contributed by atoms with Gasteiger partial charge in [-0.1, -0.05) is 0 Å². The summed E-state index contributed by atoms with van der Waals surface area (Å²) in [5.41, 5.74) is 0.972. The van der Waals surface area contributed by atoms with Crippen LogP contribution < -0.4 is 19.5 Å². The van der Waals surface area contributed by atoms with Crippen LogP contribution in [0.1, 0.15) is 10.4 Å². The van der Waals surface area contributed by atoms with Gasteiger partial charge in [0.2, 0.25) is 0 Å². The van der Waals surface area contributed by atoms with E-state index >= 15 is 0 Å². The van der Waals surface area contributed by atoms with Crippen molar-refractivity contribution in [3.05, 3.63) is 41.5 Å². The zero-order chi connectivity index (χ0) is 17.8. The lowest BCUT2D eigenvalue weighted by Gasteiger charge is -2.13. The third-order valence-electron chi connectivity index (χ3n) is 3.45. The predicted octanol–water partition coefficient (Wildman–Crippen LogP) is 3.68. The molecule has 25 heavy (non-hydrogen) atoms. The molecule has 3 rings (SSSR count). The third kappa shape index (κ3) is 3.43. The highest BCUT2D eigenvalue weighted by Gasteiger charge is 2.19. The van der Waals surface area contributed by atoms with Crippen molar-refractivity contribution in [1.82, 2.24) is 4.98 Å². The number of rotatable bonds is 6. The molecular weight excluding hydrogens is 344 g/mol. The van der Waals surface area contributed by atoms with E-state index in [1.807, 2.05) is 0 Å². The van der Waals surface area contributed by atoms with Gasteiger partial charge < -0.3 is 18.6 Å². The first-order valence-corrected chi connectivity index (χ1v) is 8.15. The minimum atomic E-state index is -0.363. The lowest BCUT2D eigenvalue weighted by atomic mass is 10.1. The molecule has 0 aliphatic carbocycles. The number of benzene rings is 1. The molecule has 0 aliphatic heterocycles. The third-order valence-corrected chi connectivity index (χ3v) is 4.21. The van der Waals surface area contributed by atoms with Crippen molar-refractivity contribution in [2.24, 2.45) is 0 Å². The Kier molecular flexibility index (Phi) is 4.90. The minimum absolute atomic E-state index is 0.315. The molecule has 0 spiro atoms. The summed E-state index contributed by atoms with van der Waals surface area (Å²) >= 11 is 1.30. The van der Waals surface area contributed by atoms with Crippen molar-refractivity contribution in [2.45, 2.75) is 0 Å². The number of nitrogens with zero attached hydrogens (tertiary/aromatic N) is 1. The van der Waals surface area contributed by atoms with Crippen molar-refractivity contribution in [1.29, 1.82) is 0 Å². The fourth-order valence-electron chi connectivity index (χ4n) is 2.24. The molecule has 8 heteroatoms. The highest BCUT2D eigenvalue weighted by molar-refractivity contribution is 7.14. The van der Waals surface area contributed by atoms with Gasteiger partial charge >= 0.3 is 0 Å². The number of hydrogen-bond acceptors (Lipinski definition) is 7. The van der Waals surface area contributed by atoms with Gasteiger partial charge in [-0.05, 0) is 12.1 Å². The molecule has 0 radical (unpaired) electrons. The topological polar surface area (TPSA) is 82.8 Å². The van der Waals surface area contributed by atoms with E-state index in [-0.39, 0.29) is 5.91 Å². The smallest absolute Gasteiger partial charge is 0.261 e. The van der Waals surface area contributed by atoms with Gasteiger partial charge in [-0.2, -0.15) is 0 Å². The number of furan rings is 1. The maximum absolute atomic E-state index is 12.6. The summed E-state index contributed by atoms with van der Waals surface area (Å²) in [5.74, 6) is 1.56. The van der Waals surface area contributed by atoms with Gasteiger partial charge in [-0.3, -0.25) is 10.1 Å². The average molecular weight is 360 g/mol. The summed E-state index contributed by atoms with van der Waals surface area (Å²) in [7, 11) is 4.50. The molecule has 130 valence electrons. The summed E-state index contributed by atoms with van der Waals surface area (Å²) in [4.78, 5) is 17.0. The molecule has 0 aliphatic rings. The summed E-state index contributed by atoms with van der Waals surface area (Å²) in [6.07, 6.45) is 1.57. The standard InChI is InChI=1S/C17H16N2O5S/c1-21-13-8-15(23-3)14(22-2)7-10(13)16(20)19-17-18-11(9-25-17)12-5-4-6-24-12/h4-9H,1-3H3,(H,18,19,20). The van der Waals surface area contributed by atoms with Crippen LogP contribution in [0.15, 0.2) is 40.3 Å². The fraction of sp³-hybridized carbons (Fsp3) is 0.176. The van der Waals surface area contributed by atoms with Gasteiger partial charge in [0.15, 0.2) is 22.4 Å². The van der Waals surface area contributed by atoms with E-state index in [0.29, 0.717) is 39.4 Å². The Bertz CT molecular complexity index is 873. The molecule has 2 aromatic heterocycles. The number of ether oxygens (including phenoxy) is 3. The second-order valence-corrected chi connectivity index (χ2v) is 5.73. The molecule has 0 saturated heterocycles. The van der Waals surface area contributed by atoms with Gasteiger partial charge in [0.05, 0.1) is 33.2 Å². The number of carbonyl (C=O) groups excluding carboxylic acids is 1. The van der Waals surface area contributed by atoms with Crippen molar-refractivity contribution in [2.75, 3.05) is 26.6 Å². The molecule has 2 heterocycles. The zero-order valence-corrected chi connectivity index (χ0v) is 14.7. The molecule has 0 fully saturated rings. The maximum Gasteiger partial charge on any atom is 0.261 e. The molecule has 0 saturated carbocycles. The lowest BCUT2D eigenvalue weighted by Crippen LogP contribution is -2.13. The van der Waals surface area contributed by atoms with Crippen LogP contribution >= 0.6 is 11.3 Å². The number of aromatic nitrogens is 1. The molecule has 1 amide bonds. The minimum Gasteiger partial charge on any atom is -0.496 e. The number of methoxy groups -OCH3 is 3. The van der Waals surface area contributed by atoms with Crippen LogP contribution in [0.4, 0.5) is 5.13 Å². The number of carbonyl (C=O) groups is 1. The van der Waals surface area contributed by atoms with Crippen LogP contribution in [0.3, 0.4) is 0 Å². The van der Waals surface area contributed by atoms with E-state index in [1.165, 1.54) is 32.7 Å². The number of nitrogens with one attached hydrogen (secondary N) is 1. The Morgan fingerprint density at radius 2 is 1.84 bits per heavy atom. The molecule has 3 aromatic rings. The number of thiazole rings is 1. The van der Waals surface area contributed by atoms with Crippen LogP contribution in [0, 0.1) is 0 Å². The zero-order valence-electron chi connectivity index (χ0n) is 13.9. The van der Waals surface area contributed by atoms with Crippen molar-refractivity contribution >= 4 is 22.4 Å². The van der Waals surface area contributed by atoms with Crippen molar-refractivity contribution in [3.8, 4) is 28.7 Å². The quantitative estimate of drug-likeness (QED) is 0.722. The van der Waals surface area contributed by atoms with Gasteiger partial charge in [0, 0.05) is 17.5 Å². The number of amides is 1. The van der Waals surface area contributed by atoms with Gasteiger partial charge in [-0.25, -0.2) is 4.98 Å². The van der Waals surface area contributed by atoms with E-state index < -0.39 is 0 Å². The van der Waals surface area contributed by atoms with Crippen LogP contribution in [-0.2, 0) is 0 Å². The van der Waals surface area contributed by atoms with Gasteiger partial charge in [0.25, 0.3) is 5.91 Å². The number of anilines is 1. The van der Waals surface area contributed by atoms with E-state index in [1.54, 1.807) is 35.9 Å². The highest BCUT2D eigenvalue weighted by Crippen LogP contribution is 2.35. The van der Waals surface area contributed by atoms with Gasteiger partial charge in [0.1, 0.15) is 11.4 Å². The monoisotopic (exact) mass is 360 g/mol. The first-order valence-electron chi connectivity index (χ1n) is 7.27. The highest BCUT2D eigenvalue weighted by atomic mass is 32.1. The molecule has 1 N–H and O–H groups in total. The van der Waals surface area contributed by atoms with E-state index in [0.717, 1.165) is 0 Å². The van der Waals surface area contributed by atoms with E-state index in [9.17, 15) is 4.79 Å². The second-order valence-electron chi connectivity index (χ2n) is 4.88. The average Bonchev–Trinajstić information content (AvgIpc) is 3.31. The van der Waals surface area contributed by atoms with Crippen LogP contribution in [-0.4, -0.2) is 32.2 Å². The van der Waals surface area contributed by atoms with E-state index in [4.69, 9.17) is 18.6 Å². The maximum atomic E-state index is 12.6. The first-order chi connectivity index (χ1) is 12.2. The molecular formula is C17H16N2O5S. The summed E-state index contributed by atoms with van der Waals surface area (Å²) in [6.45, 7) is 0. The van der Waals surface area contributed by atoms with Crippen molar-refractivity contribution < 1.29 is 23.4 Å². The lowest BCUT2D eigenvalue weighted by molar-refractivity contribution is 0.102. The summed E-state index contributed by atoms with van der Waals surface area (Å²) in [6, 6.07) is 6.75. The Morgan fingerprint density at radius 3 is 2.48 bits per heavy atom. The Balaban J connectivity index is 1.86. The predicted molar refractivity (Wildman–Crippen MR) is 93.9 cm³/mol. The Labute approximate surface area is 148 Å². The molecule has 0 bridgehead atoms. The van der Waals surface area contributed by atoms with Gasteiger partial charge in [-0.15, -0.1) is 11.3 Å². The number of hydrogen-bond donors (Lipinski definition) is 1. The molecule has 7 nitrogen and oxygen atoms in total. The normalized spacial score (nSPS) is 10.4. The summed E-state index contributed by atoms with van der Waals surface area (Å²) in [5, 5.41) is 5.01. The van der Waals surface area contributed by atoms with Crippen LogP contribution in [0.25, 0.3) is 11.5 Å². The van der Waals surface area contributed by atoms with Crippen LogP contribution in [0.2, 0.25) is 0 Å². The Morgan fingerprint density at radius 1 is 1.12 bits per heavy atom.